The molecule has 0 aliphatic rings. The second-order valence-electron chi connectivity index (χ2n) is 3.55. The van der Waals surface area contributed by atoms with Crippen molar-refractivity contribution in [3.63, 3.8) is 0 Å². The van der Waals surface area contributed by atoms with E-state index in [4.69, 9.17) is 4.74 Å². The molecule has 1 N–H and O–H groups in total. The molecule has 1 aromatic rings. The molecule has 3 heteroatoms. The van der Waals surface area contributed by atoms with E-state index < -0.39 is 0 Å². The summed E-state index contributed by atoms with van der Waals surface area (Å²) >= 11 is 0. The molecule has 14 heavy (non-hydrogen) atoms. The van der Waals surface area contributed by atoms with Crippen LogP contribution < -0.4 is 5.32 Å². The van der Waals surface area contributed by atoms with Crippen molar-refractivity contribution in [2.75, 3.05) is 13.7 Å². The van der Waals surface area contributed by atoms with Crippen LogP contribution in [0.5, 0.6) is 0 Å². The highest BCUT2D eigenvalue weighted by Crippen LogP contribution is 2.12. The first-order chi connectivity index (χ1) is 6.77. The molecular formula is C11H20N2O. The van der Waals surface area contributed by atoms with E-state index in [0.717, 1.165) is 6.54 Å². The van der Waals surface area contributed by atoms with Crippen molar-refractivity contribution in [2.24, 2.45) is 0 Å². The number of ether oxygens (including phenoxy) is 1. The first kappa shape index (κ1) is 11.3. The largest absolute Gasteiger partial charge is 0.364 e. The normalized spacial score (nSPS) is 13.1. The number of hydrogen-bond donors (Lipinski definition) is 1. The fraction of sp³-hybridized carbons (Fsp3) is 0.636. The molecule has 0 aliphatic carbocycles. The van der Waals surface area contributed by atoms with Crippen LogP contribution in [0.2, 0.25) is 0 Å². The minimum absolute atomic E-state index is 0.424. The van der Waals surface area contributed by atoms with Crippen LogP contribution in [0.1, 0.15) is 31.9 Å². The molecule has 80 valence electrons. The van der Waals surface area contributed by atoms with E-state index in [9.17, 15) is 0 Å². The molecule has 0 fully saturated rings. The summed E-state index contributed by atoms with van der Waals surface area (Å²) in [5, 5.41) is 3.45. The van der Waals surface area contributed by atoms with Crippen LogP contribution in [-0.4, -0.2) is 18.2 Å². The van der Waals surface area contributed by atoms with Crippen LogP contribution in [0.15, 0.2) is 18.5 Å². The molecule has 0 saturated carbocycles. The van der Waals surface area contributed by atoms with Crippen molar-refractivity contribution in [3.8, 4) is 0 Å². The zero-order valence-electron chi connectivity index (χ0n) is 9.29. The minimum atomic E-state index is 0.424. The van der Waals surface area contributed by atoms with Gasteiger partial charge in [-0.15, -0.1) is 0 Å². The van der Waals surface area contributed by atoms with Gasteiger partial charge in [0.1, 0.15) is 6.73 Å². The average molecular weight is 196 g/mol. The van der Waals surface area contributed by atoms with Crippen molar-refractivity contribution in [3.05, 3.63) is 24.0 Å². The molecule has 0 bridgehead atoms. The Morgan fingerprint density at radius 2 is 2.36 bits per heavy atom. The van der Waals surface area contributed by atoms with Crippen molar-refractivity contribution in [2.45, 2.75) is 33.0 Å². The minimum Gasteiger partial charge on any atom is -0.364 e. The van der Waals surface area contributed by atoms with E-state index in [2.05, 4.69) is 31.4 Å². The van der Waals surface area contributed by atoms with Crippen LogP contribution in [-0.2, 0) is 11.5 Å². The van der Waals surface area contributed by atoms with Crippen LogP contribution in [0, 0.1) is 0 Å². The highest BCUT2D eigenvalue weighted by atomic mass is 16.5. The van der Waals surface area contributed by atoms with Crippen LogP contribution in [0.3, 0.4) is 0 Å². The van der Waals surface area contributed by atoms with Gasteiger partial charge in [-0.1, -0.05) is 6.92 Å². The maximum atomic E-state index is 5.04. The summed E-state index contributed by atoms with van der Waals surface area (Å²) in [4.78, 5) is 0. The Kier molecular flexibility index (Phi) is 4.70. The summed E-state index contributed by atoms with van der Waals surface area (Å²) in [5.41, 5.74) is 1.32. The lowest BCUT2D eigenvalue weighted by atomic mass is 10.2. The Morgan fingerprint density at radius 3 is 3.00 bits per heavy atom. The van der Waals surface area contributed by atoms with E-state index in [1.165, 1.54) is 12.0 Å². The number of hydrogen-bond acceptors (Lipinski definition) is 2. The maximum absolute atomic E-state index is 5.04. The van der Waals surface area contributed by atoms with E-state index in [1.54, 1.807) is 7.11 Å². The predicted octanol–water partition coefficient (Wildman–Crippen LogP) is 2.15. The molecule has 0 amide bonds. The number of methoxy groups -OCH3 is 1. The molecule has 1 unspecified atom stereocenters. The Labute approximate surface area is 86.1 Å². The maximum Gasteiger partial charge on any atom is 0.121 e. The number of aromatic nitrogens is 1. The van der Waals surface area contributed by atoms with Gasteiger partial charge in [0.15, 0.2) is 0 Å². The van der Waals surface area contributed by atoms with E-state index in [0.29, 0.717) is 12.8 Å². The Hall–Kier alpha value is -0.800. The first-order valence-electron chi connectivity index (χ1n) is 5.16. The summed E-state index contributed by atoms with van der Waals surface area (Å²) in [7, 11) is 1.71. The summed E-state index contributed by atoms with van der Waals surface area (Å²) in [5.74, 6) is 0. The molecule has 0 aliphatic heterocycles. The van der Waals surface area contributed by atoms with Gasteiger partial charge >= 0.3 is 0 Å². The SMILES string of the molecule is CCCNC(C)c1ccn(COC)c1. The van der Waals surface area contributed by atoms with Gasteiger partial charge in [-0.3, -0.25) is 0 Å². The fourth-order valence-corrected chi connectivity index (χ4v) is 1.42. The lowest BCUT2D eigenvalue weighted by Crippen LogP contribution is -2.18. The topological polar surface area (TPSA) is 26.2 Å². The highest BCUT2D eigenvalue weighted by molar-refractivity contribution is 5.14. The molecule has 0 saturated heterocycles. The van der Waals surface area contributed by atoms with Crippen molar-refractivity contribution < 1.29 is 4.74 Å². The zero-order valence-corrected chi connectivity index (χ0v) is 9.29. The third-order valence-corrected chi connectivity index (χ3v) is 2.25. The quantitative estimate of drug-likeness (QED) is 0.754. The lowest BCUT2D eigenvalue weighted by molar-refractivity contribution is 0.131. The number of rotatable bonds is 6. The van der Waals surface area contributed by atoms with Gasteiger partial charge in [0.05, 0.1) is 0 Å². The summed E-state index contributed by atoms with van der Waals surface area (Å²) in [6.07, 6.45) is 5.34. The molecular weight excluding hydrogens is 176 g/mol. The van der Waals surface area contributed by atoms with Gasteiger partial charge in [0.2, 0.25) is 0 Å². The standard InChI is InChI=1S/C11H20N2O/c1-4-6-12-10(2)11-5-7-13(8-11)9-14-3/h5,7-8,10,12H,4,6,9H2,1-3H3. The Bertz CT molecular complexity index is 258. The molecule has 0 spiro atoms. The lowest BCUT2D eigenvalue weighted by Gasteiger charge is -2.11. The molecule has 1 atom stereocenters. The fourth-order valence-electron chi connectivity index (χ4n) is 1.42. The molecule has 1 rings (SSSR count). The van der Waals surface area contributed by atoms with Gasteiger partial charge in [0.25, 0.3) is 0 Å². The molecule has 1 heterocycles. The van der Waals surface area contributed by atoms with E-state index >= 15 is 0 Å². The predicted molar refractivity (Wildman–Crippen MR) is 58.1 cm³/mol. The van der Waals surface area contributed by atoms with Gasteiger partial charge < -0.3 is 14.6 Å². The smallest absolute Gasteiger partial charge is 0.121 e. The Balaban J connectivity index is 2.48. The first-order valence-corrected chi connectivity index (χ1v) is 5.16. The molecule has 1 aromatic heterocycles. The van der Waals surface area contributed by atoms with Crippen LogP contribution in [0.4, 0.5) is 0 Å². The number of nitrogens with zero attached hydrogens (tertiary/aromatic N) is 1. The van der Waals surface area contributed by atoms with Gasteiger partial charge in [-0.2, -0.15) is 0 Å². The van der Waals surface area contributed by atoms with Gasteiger partial charge in [0, 0.05) is 25.5 Å². The van der Waals surface area contributed by atoms with E-state index in [-0.39, 0.29) is 0 Å². The van der Waals surface area contributed by atoms with Gasteiger partial charge in [-0.05, 0) is 31.5 Å². The second kappa shape index (κ2) is 5.83. The summed E-state index contributed by atoms with van der Waals surface area (Å²) in [6, 6.07) is 2.56. The Morgan fingerprint density at radius 1 is 1.57 bits per heavy atom. The van der Waals surface area contributed by atoms with Crippen LogP contribution in [0.25, 0.3) is 0 Å². The second-order valence-corrected chi connectivity index (χ2v) is 3.55. The van der Waals surface area contributed by atoms with E-state index in [1.807, 2.05) is 10.8 Å². The highest BCUT2D eigenvalue weighted by Gasteiger charge is 2.04. The zero-order chi connectivity index (χ0) is 10.4. The average Bonchev–Trinajstić information content (AvgIpc) is 2.63. The summed E-state index contributed by atoms with van der Waals surface area (Å²) < 4.78 is 7.09. The van der Waals surface area contributed by atoms with Crippen molar-refractivity contribution in [1.82, 2.24) is 9.88 Å². The molecule has 0 radical (unpaired) electrons. The van der Waals surface area contributed by atoms with Crippen molar-refractivity contribution >= 4 is 0 Å². The third-order valence-electron chi connectivity index (χ3n) is 2.25. The molecule has 3 nitrogen and oxygen atoms in total. The third kappa shape index (κ3) is 3.16. The molecule has 0 aromatic carbocycles. The number of nitrogens with one attached hydrogen (secondary N) is 1. The monoisotopic (exact) mass is 196 g/mol. The summed E-state index contributed by atoms with van der Waals surface area (Å²) in [6.45, 7) is 6.05. The van der Waals surface area contributed by atoms with Crippen LogP contribution >= 0.6 is 0 Å². The van der Waals surface area contributed by atoms with Gasteiger partial charge in [-0.25, -0.2) is 0 Å². The van der Waals surface area contributed by atoms with Crippen molar-refractivity contribution in [1.29, 1.82) is 0 Å².